The second-order valence-corrected chi connectivity index (χ2v) is 4.99. The molecule has 0 unspecified atom stereocenters. The summed E-state index contributed by atoms with van der Waals surface area (Å²) in [6.07, 6.45) is 9.34. The van der Waals surface area contributed by atoms with E-state index < -0.39 is 0 Å². The van der Waals surface area contributed by atoms with Gasteiger partial charge in [-0.05, 0) is 30.9 Å². The van der Waals surface area contributed by atoms with Crippen molar-refractivity contribution in [2.75, 3.05) is 0 Å². The molecule has 0 atom stereocenters. The summed E-state index contributed by atoms with van der Waals surface area (Å²) in [5, 5.41) is 0. The fourth-order valence-electron chi connectivity index (χ4n) is 2.52. The minimum atomic E-state index is 0.302. The highest BCUT2D eigenvalue weighted by molar-refractivity contribution is 5.82. The Morgan fingerprint density at radius 3 is 2.65 bits per heavy atom. The summed E-state index contributed by atoms with van der Waals surface area (Å²) in [7, 11) is 0. The number of hydrogen-bond donors (Lipinski definition) is 0. The Morgan fingerprint density at radius 1 is 1.29 bits per heavy atom. The summed E-state index contributed by atoms with van der Waals surface area (Å²) in [5.74, 6) is 0.692. The van der Waals surface area contributed by atoms with Gasteiger partial charge in [0.2, 0.25) is 0 Å². The van der Waals surface area contributed by atoms with Crippen molar-refractivity contribution in [3.05, 3.63) is 29.6 Å². The quantitative estimate of drug-likeness (QED) is 0.795. The van der Waals surface area contributed by atoms with Gasteiger partial charge in [0.05, 0.1) is 0 Å². The second-order valence-electron chi connectivity index (χ2n) is 4.99. The van der Waals surface area contributed by atoms with Crippen molar-refractivity contribution in [2.24, 2.45) is 5.92 Å². The van der Waals surface area contributed by atoms with Crippen LogP contribution in [0.25, 0.3) is 0 Å². The maximum absolute atomic E-state index is 12.1. The Kier molecular flexibility index (Phi) is 4.29. The van der Waals surface area contributed by atoms with E-state index in [1.165, 1.54) is 24.8 Å². The first-order chi connectivity index (χ1) is 8.29. The molecule has 0 bridgehead atoms. The van der Waals surface area contributed by atoms with E-state index in [9.17, 15) is 4.79 Å². The lowest BCUT2D eigenvalue weighted by atomic mass is 9.85. The lowest BCUT2D eigenvalue weighted by molar-refractivity contribution is -0.123. The summed E-state index contributed by atoms with van der Waals surface area (Å²) in [5.41, 5.74) is 2.16. The molecule has 17 heavy (non-hydrogen) atoms. The summed E-state index contributed by atoms with van der Waals surface area (Å²) >= 11 is 0. The van der Waals surface area contributed by atoms with Crippen LogP contribution in [0.15, 0.2) is 18.3 Å². The van der Waals surface area contributed by atoms with E-state index in [1.807, 2.05) is 12.3 Å². The zero-order chi connectivity index (χ0) is 12.1. The van der Waals surface area contributed by atoms with Crippen LogP contribution in [0.4, 0.5) is 0 Å². The Morgan fingerprint density at radius 2 is 2.06 bits per heavy atom. The maximum Gasteiger partial charge on any atom is 0.141 e. The van der Waals surface area contributed by atoms with Gasteiger partial charge in [0.15, 0.2) is 0 Å². The number of aromatic nitrogens is 1. The normalized spacial score (nSPS) is 17.0. The third-order valence-corrected chi connectivity index (χ3v) is 3.71. The van der Waals surface area contributed by atoms with Crippen LogP contribution in [-0.4, -0.2) is 10.8 Å². The minimum Gasteiger partial charge on any atom is -0.299 e. The topological polar surface area (TPSA) is 30.0 Å². The lowest BCUT2D eigenvalue weighted by Crippen LogP contribution is -2.20. The van der Waals surface area contributed by atoms with Gasteiger partial charge in [-0.25, -0.2) is 0 Å². The zero-order valence-corrected chi connectivity index (χ0v) is 10.6. The molecule has 1 saturated carbocycles. The van der Waals surface area contributed by atoms with E-state index in [-0.39, 0.29) is 0 Å². The molecular weight excluding hydrogens is 210 g/mol. The molecule has 2 nitrogen and oxygen atoms in total. The van der Waals surface area contributed by atoms with Gasteiger partial charge in [0.1, 0.15) is 5.78 Å². The van der Waals surface area contributed by atoms with Gasteiger partial charge in [0.25, 0.3) is 0 Å². The predicted octanol–water partition coefficient (Wildman–Crippen LogP) is 3.34. The van der Waals surface area contributed by atoms with Gasteiger partial charge < -0.3 is 0 Å². The highest BCUT2D eigenvalue weighted by Gasteiger charge is 2.21. The van der Waals surface area contributed by atoms with E-state index in [2.05, 4.69) is 18.0 Å². The van der Waals surface area contributed by atoms with Gasteiger partial charge in [-0.2, -0.15) is 0 Å². The summed E-state index contributed by atoms with van der Waals surface area (Å²) in [4.78, 5) is 16.4. The van der Waals surface area contributed by atoms with E-state index in [0.29, 0.717) is 18.1 Å². The van der Waals surface area contributed by atoms with Crippen molar-refractivity contribution in [1.82, 2.24) is 4.98 Å². The molecule has 1 aliphatic rings. The molecular formula is C15H21NO. The molecule has 0 N–H and O–H groups in total. The number of rotatable bonds is 4. The molecule has 1 aromatic rings. The molecule has 1 aliphatic carbocycles. The number of Topliss-reactive ketones (excluding diaryl/α,β-unsaturated/α-hetero) is 1. The molecule has 1 heterocycles. The lowest BCUT2D eigenvalue weighted by Gasteiger charge is -2.19. The standard InChI is InChI=1S/C15H21NO/c1-2-12-8-9-14(16-11-12)10-15(17)13-6-4-3-5-7-13/h8-9,11,13H,2-7,10H2,1H3. The number of ketones is 1. The van der Waals surface area contributed by atoms with Crippen molar-refractivity contribution in [2.45, 2.75) is 51.9 Å². The smallest absolute Gasteiger partial charge is 0.141 e. The first kappa shape index (κ1) is 12.3. The fraction of sp³-hybridized carbons (Fsp3) is 0.600. The van der Waals surface area contributed by atoms with Gasteiger partial charge in [0, 0.05) is 24.2 Å². The van der Waals surface area contributed by atoms with Crippen molar-refractivity contribution in [3.8, 4) is 0 Å². The molecule has 2 rings (SSSR count). The highest BCUT2D eigenvalue weighted by atomic mass is 16.1. The maximum atomic E-state index is 12.1. The average Bonchev–Trinajstić information content (AvgIpc) is 2.40. The van der Waals surface area contributed by atoms with Crippen molar-refractivity contribution < 1.29 is 4.79 Å². The van der Waals surface area contributed by atoms with Crippen molar-refractivity contribution >= 4 is 5.78 Å². The van der Waals surface area contributed by atoms with E-state index in [1.54, 1.807) is 0 Å². The van der Waals surface area contributed by atoms with Crippen LogP contribution in [-0.2, 0) is 17.6 Å². The third-order valence-electron chi connectivity index (χ3n) is 3.71. The molecule has 0 spiro atoms. The second kappa shape index (κ2) is 5.95. The summed E-state index contributed by atoms with van der Waals surface area (Å²) in [6, 6.07) is 4.08. The molecule has 0 saturated heterocycles. The van der Waals surface area contributed by atoms with Crippen LogP contribution < -0.4 is 0 Å². The molecule has 1 fully saturated rings. The van der Waals surface area contributed by atoms with Crippen LogP contribution >= 0.6 is 0 Å². The van der Waals surface area contributed by atoms with Crippen LogP contribution in [0.1, 0.15) is 50.3 Å². The number of aryl methyl sites for hydroxylation is 1. The van der Waals surface area contributed by atoms with E-state index in [4.69, 9.17) is 0 Å². The summed E-state index contributed by atoms with van der Waals surface area (Å²) in [6.45, 7) is 2.11. The highest BCUT2D eigenvalue weighted by Crippen LogP contribution is 2.25. The minimum absolute atomic E-state index is 0.302. The van der Waals surface area contributed by atoms with Gasteiger partial charge in [-0.3, -0.25) is 9.78 Å². The molecule has 92 valence electrons. The summed E-state index contributed by atoms with van der Waals surface area (Å²) < 4.78 is 0. The molecule has 2 heteroatoms. The Hall–Kier alpha value is -1.18. The van der Waals surface area contributed by atoms with Crippen LogP contribution in [0, 0.1) is 5.92 Å². The largest absolute Gasteiger partial charge is 0.299 e. The van der Waals surface area contributed by atoms with Crippen molar-refractivity contribution in [1.29, 1.82) is 0 Å². The SMILES string of the molecule is CCc1ccc(CC(=O)C2CCCCC2)nc1. The number of pyridine rings is 1. The van der Waals surface area contributed by atoms with Crippen molar-refractivity contribution in [3.63, 3.8) is 0 Å². The number of nitrogens with zero attached hydrogens (tertiary/aromatic N) is 1. The van der Waals surface area contributed by atoms with Crippen LogP contribution in [0.3, 0.4) is 0 Å². The third kappa shape index (κ3) is 3.39. The van der Waals surface area contributed by atoms with Gasteiger partial charge in [-0.1, -0.05) is 32.3 Å². The Balaban J connectivity index is 1.92. The van der Waals surface area contributed by atoms with Gasteiger partial charge >= 0.3 is 0 Å². The average molecular weight is 231 g/mol. The van der Waals surface area contributed by atoms with Crippen LogP contribution in [0.2, 0.25) is 0 Å². The molecule has 0 amide bonds. The number of carbonyl (C=O) groups excluding carboxylic acids is 1. The molecule has 0 aromatic carbocycles. The van der Waals surface area contributed by atoms with Crippen LogP contribution in [0.5, 0.6) is 0 Å². The Bertz CT molecular complexity index is 363. The molecule has 1 aromatic heterocycles. The first-order valence-electron chi connectivity index (χ1n) is 6.76. The van der Waals surface area contributed by atoms with E-state index >= 15 is 0 Å². The molecule has 0 aliphatic heterocycles. The predicted molar refractivity (Wildman–Crippen MR) is 68.9 cm³/mol. The Labute approximate surface area is 103 Å². The molecule has 0 radical (unpaired) electrons. The fourth-order valence-corrected chi connectivity index (χ4v) is 2.52. The van der Waals surface area contributed by atoms with Gasteiger partial charge in [-0.15, -0.1) is 0 Å². The van der Waals surface area contributed by atoms with E-state index in [0.717, 1.165) is 25.0 Å². The number of carbonyl (C=O) groups is 1. The zero-order valence-electron chi connectivity index (χ0n) is 10.6. The monoisotopic (exact) mass is 231 g/mol. The first-order valence-corrected chi connectivity index (χ1v) is 6.76. The number of hydrogen-bond acceptors (Lipinski definition) is 2.